The second-order valence-electron chi connectivity index (χ2n) is 10.2. The van der Waals surface area contributed by atoms with E-state index in [4.69, 9.17) is 33.2 Å². The molecular weight excluding hydrogens is 512 g/mol. The van der Waals surface area contributed by atoms with Crippen molar-refractivity contribution in [1.82, 2.24) is 19.6 Å². The highest BCUT2D eigenvalue weighted by molar-refractivity contribution is 5.88. The molecule has 0 aromatic heterocycles. The molecule has 2 rings (SSSR count). The Morgan fingerprint density at radius 3 is 1.41 bits per heavy atom. The van der Waals surface area contributed by atoms with Gasteiger partial charge >= 0.3 is 12.1 Å². The zero-order valence-corrected chi connectivity index (χ0v) is 25.3. The van der Waals surface area contributed by atoms with Crippen LogP contribution >= 0.6 is 0 Å². The SMILES string of the molecule is CCCC12N(COCC)C(=O)N(COC(C)COC)C1(C)N(COC(C)COC)C(=O)N2COC(C)COC. The number of hydrogen-bond donors (Lipinski definition) is 0. The van der Waals surface area contributed by atoms with Crippen LogP contribution in [0.4, 0.5) is 9.59 Å². The number of nitrogens with zero attached hydrogens (tertiary/aromatic N) is 4. The van der Waals surface area contributed by atoms with Crippen LogP contribution in [-0.2, 0) is 33.2 Å². The van der Waals surface area contributed by atoms with Crippen LogP contribution in [0.2, 0.25) is 0 Å². The highest BCUT2D eigenvalue weighted by atomic mass is 16.6. The van der Waals surface area contributed by atoms with E-state index in [1.807, 2.05) is 41.5 Å². The average molecular weight is 563 g/mol. The van der Waals surface area contributed by atoms with E-state index >= 15 is 0 Å². The van der Waals surface area contributed by atoms with Gasteiger partial charge in [-0.3, -0.25) is 19.6 Å². The quantitative estimate of drug-likeness (QED) is 0.221. The molecule has 0 aliphatic carbocycles. The first-order valence-electron chi connectivity index (χ1n) is 13.7. The summed E-state index contributed by atoms with van der Waals surface area (Å²) in [6.07, 6.45) is 0.343. The van der Waals surface area contributed by atoms with Gasteiger partial charge in [0.25, 0.3) is 0 Å². The van der Waals surface area contributed by atoms with Gasteiger partial charge in [0.2, 0.25) is 0 Å². The fourth-order valence-corrected chi connectivity index (χ4v) is 5.39. The number of methoxy groups -OCH3 is 3. The van der Waals surface area contributed by atoms with Crippen LogP contribution in [-0.4, -0.2) is 136 Å². The van der Waals surface area contributed by atoms with Crippen molar-refractivity contribution in [3.63, 3.8) is 0 Å². The highest BCUT2D eigenvalue weighted by Crippen LogP contribution is 2.53. The summed E-state index contributed by atoms with van der Waals surface area (Å²) in [5.74, 6) is 0. The number of carbonyl (C=O) groups is 2. The molecule has 2 saturated heterocycles. The minimum Gasteiger partial charge on any atom is -0.382 e. The molecule has 0 bridgehead atoms. The van der Waals surface area contributed by atoms with Gasteiger partial charge in [0.15, 0.2) is 11.3 Å². The standard InChI is InChI=1S/C26H50N4O9/c1-10-12-26-25(6,27(17-37-20(3)13-33-7)23(31)29(26)16-36-11-2)28(18-38-21(4)14-34-8)24(32)30(26)19-39-22(5)15-35-9/h20-22H,10-19H2,1-9H3. The molecule has 0 aromatic carbocycles. The largest absolute Gasteiger partial charge is 0.382 e. The monoisotopic (exact) mass is 562 g/mol. The molecule has 0 spiro atoms. The van der Waals surface area contributed by atoms with E-state index in [0.717, 1.165) is 0 Å². The summed E-state index contributed by atoms with van der Waals surface area (Å²) in [5.41, 5.74) is -2.30. The van der Waals surface area contributed by atoms with E-state index in [-0.39, 0.29) is 57.3 Å². The van der Waals surface area contributed by atoms with Gasteiger partial charge in [-0.25, -0.2) is 9.59 Å². The Morgan fingerprint density at radius 2 is 1.05 bits per heavy atom. The first-order chi connectivity index (χ1) is 18.6. The van der Waals surface area contributed by atoms with Crippen LogP contribution in [0, 0.1) is 0 Å². The molecule has 39 heavy (non-hydrogen) atoms. The summed E-state index contributed by atoms with van der Waals surface area (Å²) >= 11 is 0. The number of carbonyl (C=O) groups excluding carboxylic acids is 2. The number of fused-ring (bicyclic) bond motifs is 1. The summed E-state index contributed by atoms with van der Waals surface area (Å²) in [6, 6.07) is -0.620. The van der Waals surface area contributed by atoms with Crippen molar-refractivity contribution in [3.8, 4) is 0 Å². The zero-order chi connectivity index (χ0) is 29.2. The maximum atomic E-state index is 14.2. The average Bonchev–Trinajstić information content (AvgIpc) is 3.16. The number of hydrogen-bond acceptors (Lipinski definition) is 9. The third-order valence-corrected chi connectivity index (χ3v) is 7.32. The van der Waals surface area contributed by atoms with Crippen LogP contribution in [0.3, 0.4) is 0 Å². The smallest absolute Gasteiger partial charge is 0.327 e. The first-order valence-corrected chi connectivity index (χ1v) is 13.7. The Morgan fingerprint density at radius 1 is 0.667 bits per heavy atom. The molecule has 4 amide bonds. The van der Waals surface area contributed by atoms with E-state index in [2.05, 4.69) is 0 Å². The summed E-state index contributed by atoms with van der Waals surface area (Å²) in [7, 11) is 4.78. The molecule has 5 unspecified atom stereocenters. The minimum absolute atomic E-state index is 0.00122. The molecule has 2 aliphatic heterocycles. The maximum Gasteiger partial charge on any atom is 0.327 e. The third-order valence-electron chi connectivity index (χ3n) is 7.32. The molecular formula is C26H50N4O9. The van der Waals surface area contributed by atoms with E-state index in [0.29, 0.717) is 39.3 Å². The molecule has 13 nitrogen and oxygen atoms in total. The van der Waals surface area contributed by atoms with E-state index in [9.17, 15) is 9.59 Å². The van der Waals surface area contributed by atoms with Gasteiger partial charge < -0.3 is 33.2 Å². The molecule has 13 heteroatoms. The van der Waals surface area contributed by atoms with E-state index in [1.54, 1.807) is 40.9 Å². The van der Waals surface area contributed by atoms with Crippen LogP contribution in [0.5, 0.6) is 0 Å². The Labute approximate surface area is 233 Å². The van der Waals surface area contributed by atoms with Gasteiger partial charge in [0.1, 0.15) is 26.9 Å². The first kappa shape index (κ1) is 33.5. The number of ether oxygens (including phenoxy) is 7. The second-order valence-corrected chi connectivity index (χ2v) is 10.2. The summed E-state index contributed by atoms with van der Waals surface area (Å²) < 4.78 is 39.6. The molecule has 2 fully saturated rings. The lowest BCUT2D eigenvalue weighted by atomic mass is 9.89. The molecule has 0 saturated carbocycles. The van der Waals surface area contributed by atoms with Crippen molar-refractivity contribution in [2.45, 2.75) is 84.0 Å². The number of rotatable bonds is 20. The van der Waals surface area contributed by atoms with E-state index in [1.165, 1.54) is 0 Å². The second kappa shape index (κ2) is 15.3. The molecule has 0 N–H and O–H groups in total. The van der Waals surface area contributed by atoms with Gasteiger partial charge in [-0.2, -0.15) is 0 Å². The normalized spacial score (nSPS) is 25.6. The molecule has 228 valence electrons. The molecule has 2 heterocycles. The van der Waals surface area contributed by atoms with Crippen molar-refractivity contribution < 1.29 is 42.7 Å². The van der Waals surface area contributed by atoms with Gasteiger partial charge in [-0.1, -0.05) is 13.3 Å². The predicted octanol–water partition coefficient (Wildman–Crippen LogP) is 2.70. The van der Waals surface area contributed by atoms with Crippen LogP contribution in [0.25, 0.3) is 0 Å². The molecule has 2 aliphatic rings. The Hall–Kier alpha value is -1.74. The predicted molar refractivity (Wildman–Crippen MR) is 143 cm³/mol. The van der Waals surface area contributed by atoms with Crippen molar-refractivity contribution in [3.05, 3.63) is 0 Å². The Kier molecular flexibility index (Phi) is 13.1. The fourth-order valence-electron chi connectivity index (χ4n) is 5.39. The molecule has 0 aromatic rings. The number of urea groups is 2. The van der Waals surface area contributed by atoms with Crippen LogP contribution < -0.4 is 0 Å². The van der Waals surface area contributed by atoms with Crippen LogP contribution in [0.15, 0.2) is 0 Å². The topological polar surface area (TPSA) is 112 Å². The van der Waals surface area contributed by atoms with Crippen LogP contribution in [0.1, 0.15) is 54.4 Å². The van der Waals surface area contributed by atoms with Gasteiger partial charge in [-0.15, -0.1) is 0 Å². The zero-order valence-electron chi connectivity index (χ0n) is 25.3. The van der Waals surface area contributed by atoms with Crippen molar-refractivity contribution in [1.29, 1.82) is 0 Å². The lowest BCUT2D eigenvalue weighted by Gasteiger charge is -2.47. The molecule has 5 atom stereocenters. The minimum atomic E-state index is -1.18. The number of amides is 4. The summed E-state index contributed by atoms with van der Waals surface area (Å²) in [5, 5.41) is 0. The fraction of sp³-hybridized carbons (Fsp3) is 0.923. The third kappa shape index (κ3) is 6.77. The lowest BCUT2D eigenvalue weighted by molar-refractivity contribution is -0.153. The summed E-state index contributed by atoms with van der Waals surface area (Å²) in [6.45, 7) is 12.7. The van der Waals surface area contributed by atoms with Gasteiger partial charge in [0.05, 0.1) is 38.1 Å². The molecule has 0 radical (unpaired) electrons. The van der Waals surface area contributed by atoms with Crippen molar-refractivity contribution >= 4 is 12.1 Å². The Balaban J connectivity index is 2.62. The van der Waals surface area contributed by atoms with E-state index < -0.39 is 11.3 Å². The van der Waals surface area contributed by atoms with Gasteiger partial charge in [-0.05, 0) is 41.0 Å². The van der Waals surface area contributed by atoms with Gasteiger partial charge in [0, 0.05) is 27.9 Å². The van der Waals surface area contributed by atoms with Crippen molar-refractivity contribution in [2.75, 3.05) is 74.7 Å². The van der Waals surface area contributed by atoms with Crippen molar-refractivity contribution in [2.24, 2.45) is 0 Å². The summed E-state index contributed by atoms with van der Waals surface area (Å²) in [4.78, 5) is 34.8. The highest BCUT2D eigenvalue weighted by Gasteiger charge is 2.76. The maximum absolute atomic E-state index is 14.2. The lowest BCUT2D eigenvalue weighted by Crippen LogP contribution is -2.67. The Bertz CT molecular complexity index is 778.